The number of ether oxygens (including phenoxy) is 1. The summed E-state index contributed by atoms with van der Waals surface area (Å²) in [6.07, 6.45) is 1.30. The summed E-state index contributed by atoms with van der Waals surface area (Å²) < 4.78 is 5.08. The fraction of sp³-hybridized carbons (Fsp3) is 0.476. The number of rotatable bonds is 5. The maximum atomic E-state index is 12.7. The largest absolute Gasteiger partial charge is 0.466 e. The molecule has 0 aliphatic carbocycles. The van der Waals surface area contributed by atoms with Gasteiger partial charge >= 0.3 is 5.97 Å². The molecule has 2 heterocycles. The standard InChI is InChI=1S/C21H26N2O3S/c1-4-26-21(25)17-9-11-23(12-10-17)20(24)18-13-27-19(22-18)16-7-5-15(6-8-16)14(2)3/h5-8,13-14,17H,4,9-12H2,1-3H3. The summed E-state index contributed by atoms with van der Waals surface area (Å²) >= 11 is 1.49. The predicted molar refractivity (Wildman–Crippen MR) is 107 cm³/mol. The molecule has 0 saturated carbocycles. The zero-order valence-corrected chi connectivity index (χ0v) is 16.9. The highest BCUT2D eigenvalue weighted by molar-refractivity contribution is 7.13. The van der Waals surface area contributed by atoms with E-state index in [9.17, 15) is 9.59 Å². The van der Waals surface area contributed by atoms with E-state index in [1.807, 2.05) is 12.3 Å². The fourth-order valence-electron chi connectivity index (χ4n) is 3.26. The summed E-state index contributed by atoms with van der Waals surface area (Å²) in [5.74, 6) is 0.188. The van der Waals surface area contributed by atoms with E-state index in [0.717, 1.165) is 10.6 Å². The zero-order chi connectivity index (χ0) is 19.4. The van der Waals surface area contributed by atoms with Gasteiger partial charge in [0.2, 0.25) is 0 Å². The number of nitrogens with zero attached hydrogens (tertiary/aromatic N) is 2. The summed E-state index contributed by atoms with van der Waals surface area (Å²) in [5.41, 5.74) is 2.80. The van der Waals surface area contributed by atoms with Crippen molar-refractivity contribution in [1.82, 2.24) is 9.88 Å². The molecule has 0 atom stereocenters. The SMILES string of the molecule is CCOC(=O)C1CCN(C(=O)c2csc(-c3ccc(C(C)C)cc3)n2)CC1. The summed E-state index contributed by atoms with van der Waals surface area (Å²) in [5, 5.41) is 2.68. The Labute approximate surface area is 164 Å². The second-order valence-electron chi connectivity index (χ2n) is 7.13. The van der Waals surface area contributed by atoms with Crippen LogP contribution >= 0.6 is 11.3 Å². The van der Waals surface area contributed by atoms with Crippen LogP contribution < -0.4 is 0 Å². The van der Waals surface area contributed by atoms with Crippen molar-refractivity contribution in [2.24, 2.45) is 5.92 Å². The van der Waals surface area contributed by atoms with E-state index in [4.69, 9.17) is 4.74 Å². The van der Waals surface area contributed by atoms with Gasteiger partial charge in [-0.1, -0.05) is 38.1 Å². The lowest BCUT2D eigenvalue weighted by molar-refractivity contribution is -0.149. The van der Waals surface area contributed by atoms with Crippen LogP contribution in [0.1, 0.15) is 55.6 Å². The molecule has 1 aliphatic heterocycles. The van der Waals surface area contributed by atoms with Gasteiger partial charge in [0.1, 0.15) is 10.7 Å². The number of hydrogen-bond donors (Lipinski definition) is 0. The summed E-state index contributed by atoms with van der Waals surface area (Å²) in [7, 11) is 0. The third kappa shape index (κ3) is 4.56. The molecule has 1 aliphatic rings. The molecular weight excluding hydrogens is 360 g/mol. The minimum absolute atomic E-state index is 0.0568. The number of piperidine rings is 1. The van der Waals surface area contributed by atoms with Crippen molar-refractivity contribution < 1.29 is 14.3 Å². The molecule has 3 rings (SSSR count). The van der Waals surface area contributed by atoms with Crippen molar-refractivity contribution in [1.29, 1.82) is 0 Å². The van der Waals surface area contributed by atoms with Crippen molar-refractivity contribution in [2.75, 3.05) is 19.7 Å². The van der Waals surface area contributed by atoms with Crippen LogP contribution in [0.25, 0.3) is 10.6 Å². The van der Waals surface area contributed by atoms with Gasteiger partial charge in [0.15, 0.2) is 0 Å². The van der Waals surface area contributed by atoms with Crippen LogP contribution in [0.2, 0.25) is 0 Å². The van der Waals surface area contributed by atoms with Crippen LogP contribution in [-0.2, 0) is 9.53 Å². The van der Waals surface area contributed by atoms with Crippen LogP contribution in [-0.4, -0.2) is 41.5 Å². The highest BCUT2D eigenvalue weighted by Crippen LogP contribution is 2.27. The second-order valence-corrected chi connectivity index (χ2v) is 7.99. The van der Waals surface area contributed by atoms with Gasteiger partial charge in [-0.2, -0.15) is 0 Å². The topological polar surface area (TPSA) is 59.5 Å². The number of carbonyl (C=O) groups excluding carboxylic acids is 2. The lowest BCUT2D eigenvalue weighted by Crippen LogP contribution is -2.40. The van der Waals surface area contributed by atoms with E-state index in [0.29, 0.717) is 44.1 Å². The predicted octanol–water partition coefficient (Wildman–Crippen LogP) is 4.35. The minimum atomic E-state index is -0.148. The van der Waals surface area contributed by atoms with Crippen LogP contribution in [0.15, 0.2) is 29.6 Å². The zero-order valence-electron chi connectivity index (χ0n) is 16.1. The molecule has 1 amide bonds. The maximum Gasteiger partial charge on any atom is 0.309 e. The quantitative estimate of drug-likeness (QED) is 0.717. The monoisotopic (exact) mass is 386 g/mol. The van der Waals surface area contributed by atoms with Crippen molar-refractivity contribution in [2.45, 2.75) is 39.5 Å². The van der Waals surface area contributed by atoms with Gasteiger partial charge in [-0.25, -0.2) is 4.98 Å². The van der Waals surface area contributed by atoms with Crippen molar-refractivity contribution in [3.05, 3.63) is 40.9 Å². The molecule has 5 nitrogen and oxygen atoms in total. The van der Waals surface area contributed by atoms with Crippen LogP contribution in [0, 0.1) is 5.92 Å². The third-order valence-corrected chi connectivity index (χ3v) is 5.84. The Hall–Kier alpha value is -2.21. The first-order valence-electron chi connectivity index (χ1n) is 9.51. The molecule has 0 bridgehead atoms. The van der Waals surface area contributed by atoms with Crippen molar-refractivity contribution >= 4 is 23.2 Å². The number of benzene rings is 1. The highest BCUT2D eigenvalue weighted by Gasteiger charge is 2.29. The van der Waals surface area contributed by atoms with Gasteiger partial charge in [-0.15, -0.1) is 11.3 Å². The molecule has 1 fully saturated rings. The van der Waals surface area contributed by atoms with Gasteiger partial charge in [0, 0.05) is 24.0 Å². The lowest BCUT2D eigenvalue weighted by Gasteiger charge is -2.30. The average Bonchev–Trinajstić information content (AvgIpc) is 3.18. The van der Waals surface area contributed by atoms with Crippen molar-refractivity contribution in [3.63, 3.8) is 0 Å². The van der Waals surface area contributed by atoms with Crippen LogP contribution in [0.4, 0.5) is 0 Å². The number of hydrogen-bond acceptors (Lipinski definition) is 5. The number of amides is 1. The normalized spacial score (nSPS) is 15.2. The number of thiazole rings is 1. The van der Waals surface area contributed by atoms with Crippen molar-refractivity contribution in [3.8, 4) is 10.6 Å². The van der Waals surface area contributed by atoms with Crippen LogP contribution in [0.5, 0.6) is 0 Å². The number of aromatic nitrogens is 1. The average molecular weight is 387 g/mol. The molecule has 6 heteroatoms. The Morgan fingerprint density at radius 2 is 1.89 bits per heavy atom. The molecule has 1 aromatic carbocycles. The van der Waals surface area contributed by atoms with Gasteiger partial charge in [-0.3, -0.25) is 9.59 Å². The Morgan fingerprint density at radius 1 is 1.22 bits per heavy atom. The molecule has 27 heavy (non-hydrogen) atoms. The molecule has 0 spiro atoms. The van der Waals surface area contributed by atoms with Gasteiger partial charge < -0.3 is 9.64 Å². The van der Waals surface area contributed by atoms with E-state index >= 15 is 0 Å². The molecule has 1 aromatic heterocycles. The van der Waals surface area contributed by atoms with E-state index in [1.54, 1.807) is 4.90 Å². The first-order chi connectivity index (χ1) is 13.0. The highest BCUT2D eigenvalue weighted by atomic mass is 32.1. The summed E-state index contributed by atoms with van der Waals surface area (Å²) in [6, 6.07) is 8.35. The van der Waals surface area contributed by atoms with E-state index < -0.39 is 0 Å². The summed E-state index contributed by atoms with van der Waals surface area (Å²) in [6.45, 7) is 7.68. The fourth-order valence-corrected chi connectivity index (χ4v) is 4.06. The minimum Gasteiger partial charge on any atom is -0.466 e. The molecule has 2 aromatic rings. The van der Waals surface area contributed by atoms with Crippen LogP contribution in [0.3, 0.4) is 0 Å². The Balaban J connectivity index is 1.63. The Morgan fingerprint density at radius 3 is 2.48 bits per heavy atom. The molecule has 0 unspecified atom stereocenters. The number of esters is 1. The summed E-state index contributed by atoms with van der Waals surface area (Å²) in [4.78, 5) is 30.9. The van der Waals surface area contributed by atoms with E-state index in [1.165, 1.54) is 16.9 Å². The number of carbonyl (C=O) groups is 2. The first-order valence-corrected chi connectivity index (χ1v) is 10.4. The maximum absolute atomic E-state index is 12.7. The smallest absolute Gasteiger partial charge is 0.309 e. The molecule has 1 saturated heterocycles. The lowest BCUT2D eigenvalue weighted by atomic mass is 9.97. The van der Waals surface area contributed by atoms with E-state index in [-0.39, 0.29) is 17.8 Å². The van der Waals surface area contributed by atoms with Gasteiger partial charge in [0.25, 0.3) is 5.91 Å². The molecule has 0 radical (unpaired) electrons. The molecule has 0 N–H and O–H groups in total. The van der Waals surface area contributed by atoms with Gasteiger partial charge in [0.05, 0.1) is 12.5 Å². The number of likely N-dealkylation sites (tertiary alicyclic amines) is 1. The molecule has 144 valence electrons. The second kappa shape index (κ2) is 8.65. The Bertz CT molecular complexity index is 790. The molecular formula is C21H26N2O3S. The first kappa shape index (κ1) is 19.5. The third-order valence-electron chi connectivity index (χ3n) is 4.95. The Kier molecular flexibility index (Phi) is 6.26. The van der Waals surface area contributed by atoms with Gasteiger partial charge in [-0.05, 0) is 31.2 Å². The van der Waals surface area contributed by atoms with E-state index in [2.05, 4.69) is 43.1 Å².